The highest BCUT2D eigenvalue weighted by atomic mass is 14.4. The maximum Gasteiger partial charge on any atom is -0.0228 e. The zero-order chi connectivity index (χ0) is 14.4. The van der Waals surface area contributed by atoms with Crippen LogP contribution in [-0.4, -0.2) is 0 Å². The van der Waals surface area contributed by atoms with Crippen LogP contribution in [0.2, 0.25) is 0 Å². The van der Waals surface area contributed by atoms with E-state index in [4.69, 9.17) is 0 Å². The molecule has 0 amide bonds. The molecule has 1 aliphatic rings. The number of hydrogen-bond acceptors (Lipinski definition) is 0. The van der Waals surface area contributed by atoms with Crippen LogP contribution in [-0.2, 0) is 0 Å². The van der Waals surface area contributed by atoms with Crippen molar-refractivity contribution in [2.24, 2.45) is 29.6 Å². The van der Waals surface area contributed by atoms with E-state index in [0.29, 0.717) is 0 Å². The SMILES string of the molecule is CCCC/C(C)=C/[C@@H](C)[C@@H]1C[C@H](C)CC[C@H]1C(C)C. The van der Waals surface area contributed by atoms with Crippen molar-refractivity contribution >= 4 is 0 Å². The minimum Gasteiger partial charge on any atom is -0.0825 e. The van der Waals surface area contributed by atoms with Crippen LogP contribution >= 0.6 is 0 Å². The van der Waals surface area contributed by atoms with Crippen LogP contribution in [0, 0.1) is 29.6 Å². The molecule has 1 fully saturated rings. The first-order valence-electron chi connectivity index (χ1n) is 8.63. The Labute approximate surface area is 122 Å². The van der Waals surface area contributed by atoms with Gasteiger partial charge in [-0.3, -0.25) is 0 Å². The lowest BCUT2D eigenvalue weighted by Crippen LogP contribution is -2.31. The van der Waals surface area contributed by atoms with Crippen LogP contribution in [0.4, 0.5) is 0 Å². The Morgan fingerprint density at radius 2 is 1.84 bits per heavy atom. The Kier molecular flexibility index (Phi) is 7.18. The maximum atomic E-state index is 2.59. The lowest BCUT2D eigenvalue weighted by Gasteiger charge is -2.40. The molecule has 0 heterocycles. The summed E-state index contributed by atoms with van der Waals surface area (Å²) in [5.74, 6) is 4.42. The molecule has 0 saturated heterocycles. The van der Waals surface area contributed by atoms with Gasteiger partial charge in [0.25, 0.3) is 0 Å². The van der Waals surface area contributed by atoms with E-state index in [9.17, 15) is 0 Å². The van der Waals surface area contributed by atoms with Gasteiger partial charge in [-0.2, -0.15) is 0 Å². The number of rotatable bonds is 6. The first-order chi connectivity index (χ1) is 8.95. The summed E-state index contributed by atoms with van der Waals surface area (Å²) in [5.41, 5.74) is 1.62. The second-order valence-corrected chi connectivity index (χ2v) is 7.47. The van der Waals surface area contributed by atoms with Crippen molar-refractivity contribution in [3.05, 3.63) is 11.6 Å². The lowest BCUT2D eigenvalue weighted by molar-refractivity contribution is 0.115. The van der Waals surface area contributed by atoms with Gasteiger partial charge in [-0.15, -0.1) is 0 Å². The van der Waals surface area contributed by atoms with Gasteiger partial charge < -0.3 is 0 Å². The van der Waals surface area contributed by atoms with E-state index in [2.05, 4.69) is 47.6 Å². The fraction of sp³-hybridized carbons (Fsp3) is 0.895. The zero-order valence-electron chi connectivity index (χ0n) is 14.2. The normalized spacial score (nSPS) is 30.7. The largest absolute Gasteiger partial charge is 0.0825 e. The fourth-order valence-corrected chi connectivity index (χ4v) is 3.99. The lowest BCUT2D eigenvalue weighted by atomic mass is 9.65. The number of unbranched alkanes of at least 4 members (excludes halogenated alkanes) is 1. The molecule has 0 heteroatoms. The second-order valence-electron chi connectivity index (χ2n) is 7.47. The maximum absolute atomic E-state index is 2.59. The number of allylic oxidation sites excluding steroid dienone is 2. The zero-order valence-corrected chi connectivity index (χ0v) is 14.2. The van der Waals surface area contributed by atoms with E-state index in [1.165, 1.54) is 38.5 Å². The third-order valence-electron chi connectivity index (χ3n) is 5.22. The quantitative estimate of drug-likeness (QED) is 0.482. The third-order valence-corrected chi connectivity index (χ3v) is 5.22. The Morgan fingerprint density at radius 3 is 2.42 bits per heavy atom. The predicted octanol–water partition coefficient (Wildman–Crippen LogP) is 6.47. The van der Waals surface area contributed by atoms with Crippen molar-refractivity contribution in [3.8, 4) is 0 Å². The first kappa shape index (κ1) is 16.8. The standard InChI is InChI=1S/C19H36/c1-7-8-9-15(4)12-17(6)19-13-16(5)10-11-18(19)14(2)3/h12,14,16-19H,7-11,13H2,1-6H3/b15-12+/t16-,17-,18+,19+/m1/s1. The molecule has 19 heavy (non-hydrogen) atoms. The van der Waals surface area contributed by atoms with Gasteiger partial charge in [-0.05, 0) is 62.2 Å². The third kappa shape index (κ3) is 5.32. The molecule has 0 spiro atoms. The molecule has 4 atom stereocenters. The van der Waals surface area contributed by atoms with Gasteiger partial charge in [0, 0.05) is 0 Å². The molecule has 0 bridgehead atoms. The number of hydrogen-bond donors (Lipinski definition) is 0. The fourth-order valence-electron chi connectivity index (χ4n) is 3.99. The van der Waals surface area contributed by atoms with Crippen molar-refractivity contribution in [2.75, 3.05) is 0 Å². The molecular formula is C19H36. The Hall–Kier alpha value is -0.260. The average molecular weight is 264 g/mol. The Bertz CT molecular complexity index is 274. The summed E-state index contributed by atoms with van der Waals surface area (Å²) in [6.07, 6.45) is 10.9. The summed E-state index contributed by atoms with van der Waals surface area (Å²) in [6.45, 7) is 14.4. The predicted molar refractivity (Wildman–Crippen MR) is 87.3 cm³/mol. The summed E-state index contributed by atoms with van der Waals surface area (Å²) in [6, 6.07) is 0. The van der Waals surface area contributed by atoms with Crippen molar-refractivity contribution in [1.29, 1.82) is 0 Å². The molecule has 0 aliphatic heterocycles. The summed E-state index contributed by atoms with van der Waals surface area (Å²) < 4.78 is 0. The van der Waals surface area contributed by atoms with Crippen LogP contribution in [0.3, 0.4) is 0 Å². The molecule has 112 valence electrons. The molecule has 1 saturated carbocycles. The molecular weight excluding hydrogens is 228 g/mol. The minimum atomic E-state index is 0.770. The summed E-state index contributed by atoms with van der Waals surface area (Å²) >= 11 is 0. The molecule has 0 N–H and O–H groups in total. The summed E-state index contributed by atoms with van der Waals surface area (Å²) in [5, 5.41) is 0. The molecule has 0 unspecified atom stereocenters. The van der Waals surface area contributed by atoms with Gasteiger partial charge >= 0.3 is 0 Å². The molecule has 0 aromatic rings. The van der Waals surface area contributed by atoms with Crippen molar-refractivity contribution in [3.63, 3.8) is 0 Å². The summed E-state index contributed by atoms with van der Waals surface area (Å²) in [4.78, 5) is 0. The van der Waals surface area contributed by atoms with Crippen LogP contribution in [0.15, 0.2) is 11.6 Å². The topological polar surface area (TPSA) is 0 Å². The van der Waals surface area contributed by atoms with E-state index in [-0.39, 0.29) is 0 Å². The molecule has 0 radical (unpaired) electrons. The van der Waals surface area contributed by atoms with Crippen LogP contribution in [0.1, 0.15) is 80.1 Å². The van der Waals surface area contributed by atoms with Gasteiger partial charge in [0.05, 0.1) is 0 Å². The molecule has 1 rings (SSSR count). The van der Waals surface area contributed by atoms with Crippen LogP contribution < -0.4 is 0 Å². The first-order valence-corrected chi connectivity index (χ1v) is 8.63. The molecule has 1 aliphatic carbocycles. The highest BCUT2D eigenvalue weighted by molar-refractivity contribution is 5.03. The molecule has 0 nitrogen and oxygen atoms in total. The average Bonchev–Trinajstić information content (AvgIpc) is 2.35. The van der Waals surface area contributed by atoms with Gasteiger partial charge in [0.2, 0.25) is 0 Å². The smallest absolute Gasteiger partial charge is 0.0228 e. The monoisotopic (exact) mass is 264 g/mol. The van der Waals surface area contributed by atoms with Crippen LogP contribution in [0.5, 0.6) is 0 Å². The second kappa shape index (κ2) is 8.12. The highest BCUT2D eigenvalue weighted by Gasteiger charge is 2.33. The van der Waals surface area contributed by atoms with Crippen molar-refractivity contribution in [2.45, 2.75) is 80.1 Å². The van der Waals surface area contributed by atoms with E-state index in [0.717, 1.165) is 29.6 Å². The Morgan fingerprint density at radius 1 is 1.16 bits per heavy atom. The van der Waals surface area contributed by atoms with Gasteiger partial charge in [-0.1, -0.05) is 59.1 Å². The molecule has 0 aromatic carbocycles. The minimum absolute atomic E-state index is 0.770. The van der Waals surface area contributed by atoms with Gasteiger partial charge in [0.1, 0.15) is 0 Å². The Balaban J connectivity index is 2.67. The van der Waals surface area contributed by atoms with E-state index in [1.807, 2.05) is 0 Å². The van der Waals surface area contributed by atoms with Crippen LogP contribution in [0.25, 0.3) is 0 Å². The molecule has 0 aromatic heterocycles. The van der Waals surface area contributed by atoms with E-state index in [1.54, 1.807) is 5.57 Å². The van der Waals surface area contributed by atoms with Crippen molar-refractivity contribution < 1.29 is 0 Å². The summed E-state index contributed by atoms with van der Waals surface area (Å²) in [7, 11) is 0. The van der Waals surface area contributed by atoms with E-state index < -0.39 is 0 Å². The van der Waals surface area contributed by atoms with Gasteiger partial charge in [-0.25, -0.2) is 0 Å². The van der Waals surface area contributed by atoms with Gasteiger partial charge in [0.15, 0.2) is 0 Å². The van der Waals surface area contributed by atoms with Crippen molar-refractivity contribution in [1.82, 2.24) is 0 Å². The van der Waals surface area contributed by atoms with E-state index >= 15 is 0 Å². The highest BCUT2D eigenvalue weighted by Crippen LogP contribution is 2.42.